The number of carbonyl (C=O) groups excluding carboxylic acids is 2. The van der Waals surface area contributed by atoms with E-state index >= 15 is 0 Å². The zero-order valence-corrected chi connectivity index (χ0v) is 14.7. The van der Waals surface area contributed by atoms with Crippen molar-refractivity contribution in [1.82, 2.24) is 15.3 Å². The second kappa shape index (κ2) is 10.6. The molecule has 0 aliphatic rings. The van der Waals surface area contributed by atoms with Gasteiger partial charge in [0.1, 0.15) is 0 Å². The van der Waals surface area contributed by atoms with Crippen LogP contribution in [0.4, 0.5) is 8.78 Å². The highest BCUT2D eigenvalue weighted by molar-refractivity contribution is 7.99. The number of hydrogen-bond donors (Lipinski definition) is 1. The predicted molar refractivity (Wildman–Crippen MR) is 85.9 cm³/mol. The van der Waals surface area contributed by atoms with Gasteiger partial charge in [-0.2, -0.15) is 14.0 Å². The van der Waals surface area contributed by atoms with Crippen LogP contribution in [0.25, 0.3) is 0 Å². The lowest BCUT2D eigenvalue weighted by atomic mass is 10.1. The molecule has 7 nitrogen and oxygen atoms in total. The van der Waals surface area contributed by atoms with Gasteiger partial charge in [0, 0.05) is 24.4 Å². The van der Waals surface area contributed by atoms with Crippen LogP contribution in [0.5, 0.6) is 0 Å². The molecule has 0 bridgehead atoms. The Morgan fingerprint density at radius 1 is 1.32 bits per heavy atom. The molecule has 0 unspecified atom stereocenters. The number of aryl methyl sites for hydroxylation is 2. The van der Waals surface area contributed by atoms with Gasteiger partial charge in [-0.1, -0.05) is 0 Å². The summed E-state index contributed by atoms with van der Waals surface area (Å²) in [5.74, 6) is -3.65. The molecule has 0 atom stereocenters. The molecule has 10 heteroatoms. The van der Waals surface area contributed by atoms with E-state index in [2.05, 4.69) is 15.3 Å². The van der Waals surface area contributed by atoms with Crippen LogP contribution >= 0.6 is 11.8 Å². The third-order valence-electron chi connectivity index (χ3n) is 3.10. The Balaban J connectivity index is 2.48. The van der Waals surface area contributed by atoms with Gasteiger partial charge in [-0.15, -0.1) is 0 Å². The topological polar surface area (TPSA) is 105 Å². The van der Waals surface area contributed by atoms with E-state index in [-0.39, 0.29) is 42.7 Å². The second-order valence-corrected chi connectivity index (χ2v) is 5.91. The molecular formula is C15H18F2N4O3S. The lowest BCUT2D eigenvalue weighted by molar-refractivity contribution is -0.148. The summed E-state index contributed by atoms with van der Waals surface area (Å²) in [5, 5.41) is 10.8. The quantitative estimate of drug-likeness (QED) is 0.305. The Hall–Kier alpha value is -2.28. The summed E-state index contributed by atoms with van der Waals surface area (Å²) in [4.78, 5) is 31.0. The third-order valence-corrected chi connectivity index (χ3v) is 3.67. The van der Waals surface area contributed by atoms with Gasteiger partial charge in [0.15, 0.2) is 11.8 Å². The van der Waals surface area contributed by atoms with Gasteiger partial charge in [-0.05, 0) is 37.6 Å². The molecule has 136 valence electrons. The molecular weight excluding hydrogens is 354 g/mol. The fourth-order valence-electron chi connectivity index (χ4n) is 1.96. The Kier molecular flexibility index (Phi) is 8.77. The SMILES string of the molecule is Cc1nc(SC(F)F)nc(C)c1CCC(=O)OCC(=O)NCCC#N. The molecule has 0 spiro atoms. The molecule has 0 aliphatic heterocycles. The highest BCUT2D eigenvalue weighted by atomic mass is 32.2. The first kappa shape index (κ1) is 20.8. The summed E-state index contributed by atoms with van der Waals surface area (Å²) in [5.41, 5.74) is 1.74. The van der Waals surface area contributed by atoms with E-state index in [0.29, 0.717) is 17.0 Å². The number of amides is 1. The lowest BCUT2D eigenvalue weighted by Gasteiger charge is -2.10. The molecule has 1 amide bonds. The largest absolute Gasteiger partial charge is 0.456 e. The number of nitrogens with zero attached hydrogens (tertiary/aromatic N) is 3. The van der Waals surface area contributed by atoms with Crippen molar-refractivity contribution in [3.05, 3.63) is 17.0 Å². The molecule has 25 heavy (non-hydrogen) atoms. The van der Waals surface area contributed by atoms with Crippen molar-refractivity contribution in [2.75, 3.05) is 13.2 Å². The fraction of sp³-hybridized carbons (Fsp3) is 0.533. The zero-order valence-electron chi connectivity index (χ0n) is 13.8. The summed E-state index contributed by atoms with van der Waals surface area (Å²) >= 11 is 0.267. The van der Waals surface area contributed by atoms with Crippen LogP contribution in [0.1, 0.15) is 29.8 Å². The Bertz CT molecular complexity index is 642. The molecule has 0 radical (unpaired) electrons. The minimum absolute atomic E-state index is 0.00892. The van der Waals surface area contributed by atoms with Gasteiger partial charge in [0.2, 0.25) is 0 Å². The number of aromatic nitrogens is 2. The van der Waals surface area contributed by atoms with Gasteiger partial charge in [0.05, 0.1) is 12.5 Å². The van der Waals surface area contributed by atoms with Crippen LogP contribution < -0.4 is 5.32 Å². The maximum atomic E-state index is 12.4. The number of ether oxygens (including phenoxy) is 1. The smallest absolute Gasteiger partial charge is 0.306 e. The van der Waals surface area contributed by atoms with Crippen molar-refractivity contribution in [1.29, 1.82) is 5.26 Å². The second-order valence-electron chi connectivity index (χ2n) is 4.95. The minimum atomic E-state index is -2.60. The summed E-state index contributed by atoms with van der Waals surface area (Å²) in [6.07, 6.45) is 0.474. The van der Waals surface area contributed by atoms with Crippen molar-refractivity contribution >= 4 is 23.6 Å². The minimum Gasteiger partial charge on any atom is -0.456 e. The molecule has 0 aromatic carbocycles. The maximum absolute atomic E-state index is 12.4. The van der Waals surface area contributed by atoms with Crippen LogP contribution in [0.2, 0.25) is 0 Å². The Morgan fingerprint density at radius 3 is 2.52 bits per heavy atom. The summed E-state index contributed by atoms with van der Waals surface area (Å²) in [7, 11) is 0. The van der Waals surface area contributed by atoms with E-state index in [1.807, 2.05) is 6.07 Å². The molecule has 1 aromatic heterocycles. The number of nitriles is 1. The molecule has 0 saturated heterocycles. The average Bonchev–Trinajstić information content (AvgIpc) is 2.51. The van der Waals surface area contributed by atoms with Gasteiger partial charge in [-0.25, -0.2) is 9.97 Å². The first-order chi connectivity index (χ1) is 11.8. The van der Waals surface area contributed by atoms with Crippen LogP contribution in [0.15, 0.2) is 5.16 Å². The van der Waals surface area contributed by atoms with Crippen molar-refractivity contribution in [2.45, 2.75) is 44.0 Å². The van der Waals surface area contributed by atoms with E-state index in [4.69, 9.17) is 10.00 Å². The molecule has 0 saturated carbocycles. The summed E-state index contributed by atoms with van der Waals surface area (Å²) in [6.45, 7) is 3.11. The highest BCUT2D eigenvalue weighted by Gasteiger charge is 2.15. The number of halogens is 2. The summed E-state index contributed by atoms with van der Waals surface area (Å²) in [6, 6.07) is 1.87. The van der Waals surface area contributed by atoms with E-state index in [9.17, 15) is 18.4 Å². The normalized spacial score (nSPS) is 10.4. The first-order valence-electron chi connectivity index (χ1n) is 7.41. The molecule has 0 aliphatic carbocycles. The third kappa shape index (κ3) is 7.89. The van der Waals surface area contributed by atoms with Crippen LogP contribution in [0.3, 0.4) is 0 Å². The summed E-state index contributed by atoms with van der Waals surface area (Å²) < 4.78 is 29.6. The van der Waals surface area contributed by atoms with E-state index in [1.54, 1.807) is 13.8 Å². The zero-order chi connectivity index (χ0) is 18.8. The molecule has 1 heterocycles. The van der Waals surface area contributed by atoms with Crippen molar-refractivity contribution < 1.29 is 23.1 Å². The predicted octanol–water partition coefficient (Wildman–Crippen LogP) is 1.91. The number of esters is 1. The maximum Gasteiger partial charge on any atom is 0.306 e. The number of alkyl halides is 2. The van der Waals surface area contributed by atoms with Crippen molar-refractivity contribution in [2.24, 2.45) is 0 Å². The van der Waals surface area contributed by atoms with Crippen LogP contribution in [0, 0.1) is 25.2 Å². The molecule has 0 fully saturated rings. The van der Waals surface area contributed by atoms with Crippen LogP contribution in [-0.4, -0.2) is 40.8 Å². The van der Waals surface area contributed by atoms with Crippen molar-refractivity contribution in [3.63, 3.8) is 0 Å². The van der Waals surface area contributed by atoms with Gasteiger partial charge < -0.3 is 10.1 Å². The fourth-order valence-corrected chi connectivity index (χ4v) is 2.50. The number of hydrogen-bond acceptors (Lipinski definition) is 7. The monoisotopic (exact) mass is 372 g/mol. The number of nitrogens with one attached hydrogen (secondary N) is 1. The van der Waals surface area contributed by atoms with E-state index in [0.717, 1.165) is 0 Å². The number of carbonyl (C=O) groups is 2. The molecule has 1 rings (SSSR count). The average molecular weight is 372 g/mol. The van der Waals surface area contributed by atoms with Crippen LogP contribution in [-0.2, 0) is 20.7 Å². The molecule has 1 aromatic rings. The Morgan fingerprint density at radius 2 is 1.96 bits per heavy atom. The number of rotatable bonds is 9. The first-order valence-corrected chi connectivity index (χ1v) is 8.29. The molecule has 1 N–H and O–H groups in total. The Labute approximate surface area is 148 Å². The lowest BCUT2D eigenvalue weighted by Crippen LogP contribution is -2.29. The van der Waals surface area contributed by atoms with Crippen molar-refractivity contribution in [3.8, 4) is 6.07 Å². The van der Waals surface area contributed by atoms with Gasteiger partial charge in [0.25, 0.3) is 11.7 Å². The van der Waals surface area contributed by atoms with E-state index < -0.39 is 24.2 Å². The van der Waals surface area contributed by atoms with Gasteiger partial charge in [-0.3, -0.25) is 9.59 Å². The highest BCUT2D eigenvalue weighted by Crippen LogP contribution is 2.24. The standard InChI is InChI=1S/C15H18F2N4O3S/c1-9-11(10(2)21-15(20-9)25-14(16)17)4-5-13(23)24-8-12(22)19-7-3-6-18/h14H,3-5,7-8H2,1-2H3,(H,19,22). The van der Waals surface area contributed by atoms with E-state index in [1.165, 1.54) is 0 Å². The van der Waals surface area contributed by atoms with Gasteiger partial charge >= 0.3 is 5.97 Å². The number of thioether (sulfide) groups is 1.